The predicted octanol–water partition coefficient (Wildman–Crippen LogP) is 2.98. The van der Waals surface area contributed by atoms with Crippen molar-refractivity contribution in [1.29, 1.82) is 0 Å². The number of carbonyl (C=O) groups excluding carboxylic acids is 1. The molecule has 0 aromatic heterocycles. The largest absolute Gasteiger partial charge is 0.459 e. The highest BCUT2D eigenvalue weighted by molar-refractivity contribution is 6.15. The number of para-hydroxylation sites is 1. The molecule has 0 spiro atoms. The molecule has 0 saturated heterocycles. The number of amides is 1. The van der Waals surface area contributed by atoms with Crippen LogP contribution in [0.2, 0.25) is 0 Å². The summed E-state index contributed by atoms with van der Waals surface area (Å²) in [6.45, 7) is 0. The third-order valence-electron chi connectivity index (χ3n) is 2.49. The van der Waals surface area contributed by atoms with Crippen LogP contribution >= 0.6 is 0 Å². The number of rotatable bonds is 2. The fraction of sp³-hybridized carbons (Fsp3) is 0.273. The van der Waals surface area contributed by atoms with E-state index >= 15 is 0 Å². The summed E-state index contributed by atoms with van der Waals surface area (Å²) >= 11 is 0. The zero-order valence-electron chi connectivity index (χ0n) is 9.29. The number of hydrogen-bond acceptors (Lipinski definition) is 2. The van der Waals surface area contributed by atoms with Gasteiger partial charge in [0.25, 0.3) is 5.91 Å². The maximum Gasteiger partial charge on any atom is 0.459 e. The van der Waals surface area contributed by atoms with Gasteiger partial charge >= 0.3 is 12.1 Å². The normalized spacial score (nSPS) is 16.8. The van der Waals surface area contributed by atoms with E-state index in [0.717, 1.165) is 0 Å². The van der Waals surface area contributed by atoms with Crippen LogP contribution in [0.5, 0.6) is 0 Å². The van der Waals surface area contributed by atoms with Crippen LogP contribution in [0.4, 0.5) is 27.6 Å². The fourth-order valence-electron chi connectivity index (χ4n) is 1.54. The summed E-state index contributed by atoms with van der Waals surface area (Å²) < 4.78 is 62.7. The molecular formula is C11H7F5N2O. The van der Waals surface area contributed by atoms with Crippen molar-refractivity contribution in [3.8, 4) is 0 Å². The average Bonchev–Trinajstić information content (AvgIpc) is 2.71. The minimum atomic E-state index is -5.77. The second kappa shape index (κ2) is 4.29. The van der Waals surface area contributed by atoms with Crippen LogP contribution in [0.15, 0.2) is 35.4 Å². The molecule has 0 radical (unpaired) electrons. The van der Waals surface area contributed by atoms with Gasteiger partial charge in [0.15, 0.2) is 0 Å². The van der Waals surface area contributed by atoms with Gasteiger partial charge in [0, 0.05) is 0 Å². The summed E-state index contributed by atoms with van der Waals surface area (Å²) in [7, 11) is 0. The molecule has 1 amide bonds. The van der Waals surface area contributed by atoms with Crippen molar-refractivity contribution < 1.29 is 26.7 Å². The minimum absolute atomic E-state index is 0.139. The molecule has 1 heterocycles. The molecule has 3 nitrogen and oxygen atoms in total. The minimum Gasteiger partial charge on any atom is -0.272 e. The van der Waals surface area contributed by atoms with Crippen LogP contribution in [0.3, 0.4) is 0 Å². The molecule has 0 unspecified atom stereocenters. The lowest BCUT2D eigenvalue weighted by Gasteiger charge is -2.18. The number of halogens is 5. The van der Waals surface area contributed by atoms with Crippen LogP contribution in [0.1, 0.15) is 6.42 Å². The molecule has 8 heteroatoms. The van der Waals surface area contributed by atoms with Crippen molar-refractivity contribution >= 4 is 17.3 Å². The first-order valence-electron chi connectivity index (χ1n) is 5.14. The lowest BCUT2D eigenvalue weighted by molar-refractivity contribution is -0.249. The van der Waals surface area contributed by atoms with E-state index in [2.05, 4.69) is 5.10 Å². The van der Waals surface area contributed by atoms with Crippen molar-refractivity contribution in [1.82, 2.24) is 0 Å². The van der Waals surface area contributed by atoms with Crippen LogP contribution in [-0.2, 0) is 4.79 Å². The summed E-state index contributed by atoms with van der Waals surface area (Å²) in [6.07, 6.45) is -6.82. The number of hydrogen-bond donors (Lipinski definition) is 0. The smallest absolute Gasteiger partial charge is 0.272 e. The van der Waals surface area contributed by atoms with Crippen LogP contribution < -0.4 is 5.01 Å². The molecule has 1 aliphatic rings. The molecule has 19 heavy (non-hydrogen) atoms. The second-order valence-electron chi connectivity index (χ2n) is 3.84. The zero-order chi connectivity index (χ0) is 14.3. The molecular weight excluding hydrogens is 271 g/mol. The van der Waals surface area contributed by atoms with E-state index in [0.29, 0.717) is 5.01 Å². The van der Waals surface area contributed by atoms with Crippen molar-refractivity contribution in [3.63, 3.8) is 0 Å². The Morgan fingerprint density at radius 3 is 2.16 bits per heavy atom. The highest BCUT2D eigenvalue weighted by atomic mass is 19.4. The Morgan fingerprint density at radius 2 is 1.63 bits per heavy atom. The molecule has 1 aromatic rings. The Labute approximate surface area is 104 Å². The van der Waals surface area contributed by atoms with Crippen LogP contribution in [-0.4, -0.2) is 23.7 Å². The standard InChI is InChI=1S/C11H7F5N2O/c12-10(13,11(14,15)16)8-6-9(19)18(17-8)7-4-2-1-3-5-7/h1-5H,6H2. The Hall–Kier alpha value is -1.99. The van der Waals surface area contributed by atoms with Gasteiger partial charge in [-0.2, -0.15) is 27.1 Å². The summed E-state index contributed by atoms with van der Waals surface area (Å²) in [5, 5.41) is 3.66. The van der Waals surface area contributed by atoms with Crippen LogP contribution in [0, 0.1) is 0 Å². The molecule has 102 valence electrons. The van der Waals surface area contributed by atoms with Gasteiger partial charge in [-0.05, 0) is 12.1 Å². The second-order valence-corrected chi connectivity index (χ2v) is 3.84. The third-order valence-corrected chi connectivity index (χ3v) is 2.49. The molecule has 0 saturated carbocycles. The molecule has 0 aliphatic carbocycles. The van der Waals surface area contributed by atoms with Crippen molar-refractivity contribution in [2.45, 2.75) is 18.5 Å². The van der Waals surface area contributed by atoms with Gasteiger partial charge in [0.2, 0.25) is 0 Å². The van der Waals surface area contributed by atoms with Gasteiger partial charge in [-0.3, -0.25) is 4.79 Å². The number of benzene rings is 1. The van der Waals surface area contributed by atoms with E-state index < -0.39 is 30.1 Å². The van der Waals surface area contributed by atoms with E-state index in [9.17, 15) is 26.7 Å². The first-order valence-corrected chi connectivity index (χ1v) is 5.14. The summed E-state index contributed by atoms with van der Waals surface area (Å²) in [6, 6.07) is 7.40. The zero-order valence-corrected chi connectivity index (χ0v) is 9.29. The number of nitrogens with zero attached hydrogens (tertiary/aromatic N) is 2. The first kappa shape index (κ1) is 13.4. The molecule has 1 aliphatic heterocycles. The van der Waals surface area contributed by atoms with Crippen LogP contribution in [0.25, 0.3) is 0 Å². The van der Waals surface area contributed by atoms with Crippen molar-refractivity contribution in [2.75, 3.05) is 5.01 Å². The number of carbonyl (C=O) groups is 1. The summed E-state index contributed by atoms with van der Waals surface area (Å²) in [5.74, 6) is -6.03. The SMILES string of the molecule is O=C1CC(C(F)(F)C(F)(F)F)=NN1c1ccccc1. The molecule has 0 atom stereocenters. The maximum absolute atomic E-state index is 13.1. The van der Waals surface area contributed by atoms with Gasteiger partial charge < -0.3 is 0 Å². The Kier molecular flexibility index (Phi) is 3.03. The number of alkyl halides is 5. The third kappa shape index (κ3) is 2.29. The predicted molar refractivity (Wildman–Crippen MR) is 57.0 cm³/mol. The monoisotopic (exact) mass is 278 g/mol. The van der Waals surface area contributed by atoms with E-state index in [-0.39, 0.29) is 5.69 Å². The molecule has 2 rings (SSSR count). The van der Waals surface area contributed by atoms with E-state index in [1.807, 2.05) is 0 Å². The number of hydrazone groups is 1. The molecule has 0 fully saturated rings. The lowest BCUT2D eigenvalue weighted by Crippen LogP contribution is -2.43. The van der Waals surface area contributed by atoms with Gasteiger partial charge in [-0.15, -0.1) is 0 Å². The highest BCUT2D eigenvalue weighted by Crippen LogP contribution is 2.39. The summed E-state index contributed by atoms with van der Waals surface area (Å²) in [4.78, 5) is 11.5. The lowest BCUT2D eigenvalue weighted by atomic mass is 10.1. The van der Waals surface area contributed by atoms with Gasteiger partial charge in [0.05, 0.1) is 12.1 Å². The average molecular weight is 278 g/mol. The molecule has 0 N–H and O–H groups in total. The Balaban J connectivity index is 2.35. The Bertz CT molecular complexity index is 524. The fourth-order valence-corrected chi connectivity index (χ4v) is 1.54. The van der Waals surface area contributed by atoms with Crippen molar-refractivity contribution in [3.05, 3.63) is 30.3 Å². The quantitative estimate of drug-likeness (QED) is 0.765. The first-order chi connectivity index (χ1) is 8.73. The van der Waals surface area contributed by atoms with E-state index in [1.165, 1.54) is 24.3 Å². The highest BCUT2D eigenvalue weighted by Gasteiger charge is 2.62. The maximum atomic E-state index is 13.1. The van der Waals surface area contributed by atoms with Gasteiger partial charge in [-0.25, -0.2) is 5.01 Å². The van der Waals surface area contributed by atoms with Gasteiger partial charge in [0.1, 0.15) is 5.71 Å². The molecule has 1 aromatic carbocycles. The Morgan fingerprint density at radius 1 is 1.05 bits per heavy atom. The number of anilines is 1. The molecule has 0 bridgehead atoms. The van der Waals surface area contributed by atoms with E-state index in [1.54, 1.807) is 6.07 Å². The van der Waals surface area contributed by atoms with Gasteiger partial charge in [-0.1, -0.05) is 18.2 Å². The topological polar surface area (TPSA) is 32.7 Å². The summed E-state index contributed by atoms with van der Waals surface area (Å²) in [5.41, 5.74) is -1.35. The van der Waals surface area contributed by atoms with E-state index in [4.69, 9.17) is 0 Å². The van der Waals surface area contributed by atoms with Crippen molar-refractivity contribution in [2.24, 2.45) is 5.10 Å².